The molecule has 6 nitrogen and oxygen atoms in total. The lowest BCUT2D eigenvalue weighted by molar-refractivity contribution is -0.138. The van der Waals surface area contributed by atoms with Crippen LogP contribution in [0.15, 0.2) is 24.4 Å². The number of carboxylic acid groups (broad SMARTS) is 1. The fourth-order valence-electron chi connectivity index (χ4n) is 2.26. The molecule has 0 radical (unpaired) electrons. The van der Waals surface area contributed by atoms with E-state index in [1.807, 2.05) is 0 Å². The number of carboxylic acids is 1. The molecule has 1 aromatic carbocycles. The van der Waals surface area contributed by atoms with Crippen LogP contribution in [-0.4, -0.2) is 33.4 Å². The van der Waals surface area contributed by atoms with E-state index in [4.69, 9.17) is 27.2 Å². The minimum Gasteiger partial charge on any atom is -0.480 e. The first kappa shape index (κ1) is 17.3. The van der Waals surface area contributed by atoms with E-state index in [1.54, 1.807) is 39.0 Å². The molecule has 0 aliphatic carbocycles. The van der Waals surface area contributed by atoms with Crippen LogP contribution in [0.25, 0.3) is 10.9 Å². The number of fused-ring (bicyclic) bond motifs is 1. The summed E-state index contributed by atoms with van der Waals surface area (Å²) in [6, 6.07) is 4.04. The molecule has 2 aromatic rings. The molecule has 124 valence electrons. The highest BCUT2D eigenvalue weighted by atomic mass is 35.5. The van der Waals surface area contributed by atoms with Gasteiger partial charge in [-0.05, 0) is 38.5 Å². The Kier molecular flexibility index (Phi) is 4.68. The van der Waals surface area contributed by atoms with Crippen molar-refractivity contribution in [2.75, 3.05) is 0 Å². The minimum absolute atomic E-state index is 0.0609. The van der Waals surface area contributed by atoms with E-state index in [0.717, 1.165) is 0 Å². The van der Waals surface area contributed by atoms with Crippen LogP contribution < -0.4 is 5.73 Å². The van der Waals surface area contributed by atoms with Crippen LogP contribution in [0, 0.1) is 0 Å². The molecule has 0 aliphatic heterocycles. The minimum atomic E-state index is -1.12. The van der Waals surface area contributed by atoms with Crippen LogP contribution >= 0.6 is 11.6 Å². The Bertz CT molecular complexity index is 761. The monoisotopic (exact) mass is 338 g/mol. The molecule has 0 saturated heterocycles. The van der Waals surface area contributed by atoms with Crippen molar-refractivity contribution < 1.29 is 19.4 Å². The Hall–Kier alpha value is -2.05. The molecule has 0 saturated carbocycles. The predicted molar refractivity (Wildman–Crippen MR) is 87.9 cm³/mol. The zero-order valence-corrected chi connectivity index (χ0v) is 13.9. The predicted octanol–water partition coefficient (Wildman–Crippen LogP) is 3.03. The SMILES string of the molecule is CC(C)(C)OC(=O)n1cc(C[C@H](N)C(=O)O)c2c(Cl)cccc21. The number of carbonyl (C=O) groups is 2. The van der Waals surface area contributed by atoms with Gasteiger partial charge in [-0.1, -0.05) is 17.7 Å². The number of hydrogen-bond acceptors (Lipinski definition) is 4. The Morgan fingerprint density at radius 2 is 2.04 bits per heavy atom. The van der Waals surface area contributed by atoms with Crippen LogP contribution in [0.4, 0.5) is 4.79 Å². The van der Waals surface area contributed by atoms with E-state index in [0.29, 0.717) is 21.5 Å². The molecule has 0 amide bonds. The lowest BCUT2D eigenvalue weighted by atomic mass is 10.1. The number of aromatic nitrogens is 1. The van der Waals surface area contributed by atoms with E-state index in [2.05, 4.69) is 0 Å². The van der Waals surface area contributed by atoms with Gasteiger partial charge in [0, 0.05) is 18.0 Å². The van der Waals surface area contributed by atoms with E-state index < -0.39 is 23.7 Å². The number of nitrogens with two attached hydrogens (primary N) is 1. The van der Waals surface area contributed by atoms with Gasteiger partial charge >= 0.3 is 12.1 Å². The second-order valence-electron chi connectivity index (χ2n) is 6.29. The molecule has 7 heteroatoms. The molecule has 1 atom stereocenters. The van der Waals surface area contributed by atoms with Crippen molar-refractivity contribution in [1.29, 1.82) is 0 Å². The zero-order valence-electron chi connectivity index (χ0n) is 13.2. The number of halogens is 1. The molecule has 0 fully saturated rings. The summed E-state index contributed by atoms with van der Waals surface area (Å²) < 4.78 is 6.70. The largest absolute Gasteiger partial charge is 0.480 e. The summed E-state index contributed by atoms with van der Waals surface area (Å²) in [5.41, 5.74) is 6.10. The smallest absolute Gasteiger partial charge is 0.419 e. The van der Waals surface area contributed by atoms with Gasteiger partial charge in [-0.25, -0.2) is 4.79 Å². The molecule has 0 aliphatic rings. The third kappa shape index (κ3) is 3.83. The van der Waals surface area contributed by atoms with Gasteiger partial charge in [-0.2, -0.15) is 0 Å². The second kappa shape index (κ2) is 6.22. The first-order chi connectivity index (χ1) is 10.6. The van der Waals surface area contributed by atoms with E-state index >= 15 is 0 Å². The molecular formula is C16H19ClN2O4. The molecule has 0 spiro atoms. The third-order valence-corrected chi connectivity index (χ3v) is 3.52. The zero-order chi connectivity index (χ0) is 17.4. The highest BCUT2D eigenvalue weighted by Gasteiger charge is 2.23. The molecule has 0 bridgehead atoms. The maximum absolute atomic E-state index is 12.4. The van der Waals surface area contributed by atoms with Gasteiger partial charge in [0.25, 0.3) is 0 Å². The fourth-order valence-corrected chi connectivity index (χ4v) is 2.55. The summed E-state index contributed by atoms with van der Waals surface area (Å²) in [7, 11) is 0. The number of carbonyl (C=O) groups excluding carboxylic acids is 1. The average molecular weight is 339 g/mol. The maximum atomic E-state index is 12.4. The summed E-state index contributed by atoms with van der Waals surface area (Å²) in [6.45, 7) is 5.31. The number of aliphatic carboxylic acids is 1. The number of hydrogen-bond donors (Lipinski definition) is 2. The van der Waals surface area contributed by atoms with E-state index in [1.165, 1.54) is 10.8 Å². The third-order valence-electron chi connectivity index (χ3n) is 3.20. The van der Waals surface area contributed by atoms with Gasteiger partial charge < -0.3 is 15.6 Å². The maximum Gasteiger partial charge on any atom is 0.419 e. The van der Waals surface area contributed by atoms with E-state index in [-0.39, 0.29) is 6.42 Å². The molecule has 0 unspecified atom stereocenters. The van der Waals surface area contributed by atoms with Gasteiger partial charge in [-0.15, -0.1) is 0 Å². The number of benzene rings is 1. The number of rotatable bonds is 3. The molecule has 1 heterocycles. The summed E-state index contributed by atoms with van der Waals surface area (Å²) in [5, 5.41) is 10.0. The van der Waals surface area contributed by atoms with Crippen molar-refractivity contribution in [3.63, 3.8) is 0 Å². The Morgan fingerprint density at radius 1 is 1.39 bits per heavy atom. The lowest BCUT2D eigenvalue weighted by Gasteiger charge is -2.19. The molecule has 2 rings (SSSR count). The summed E-state index contributed by atoms with van der Waals surface area (Å²) >= 11 is 6.22. The molecular weight excluding hydrogens is 320 g/mol. The first-order valence-corrected chi connectivity index (χ1v) is 7.48. The van der Waals surface area contributed by atoms with Crippen molar-refractivity contribution in [2.24, 2.45) is 5.73 Å². The summed E-state index contributed by atoms with van der Waals surface area (Å²) in [6.07, 6.45) is 1.04. The van der Waals surface area contributed by atoms with Crippen molar-refractivity contribution in [3.8, 4) is 0 Å². The normalized spacial score (nSPS) is 13.1. The average Bonchev–Trinajstić information content (AvgIpc) is 2.77. The Morgan fingerprint density at radius 3 is 2.61 bits per heavy atom. The van der Waals surface area contributed by atoms with Gasteiger partial charge in [0.05, 0.1) is 10.5 Å². The number of nitrogens with zero attached hydrogens (tertiary/aromatic N) is 1. The Balaban J connectivity index is 2.53. The quantitative estimate of drug-likeness (QED) is 0.897. The molecule has 1 aromatic heterocycles. The standard InChI is InChI=1S/C16H19ClN2O4/c1-16(2,3)23-15(22)19-8-9(7-11(18)14(20)21)13-10(17)5-4-6-12(13)19/h4-6,8,11H,7,18H2,1-3H3,(H,20,21)/t11-/m0/s1. The van der Waals surface area contributed by atoms with Crippen molar-refractivity contribution in [3.05, 3.63) is 35.0 Å². The van der Waals surface area contributed by atoms with Crippen LogP contribution in [-0.2, 0) is 16.0 Å². The van der Waals surface area contributed by atoms with Crippen molar-refractivity contribution in [2.45, 2.75) is 38.8 Å². The van der Waals surface area contributed by atoms with Crippen LogP contribution in [0.3, 0.4) is 0 Å². The van der Waals surface area contributed by atoms with Crippen molar-refractivity contribution >= 4 is 34.6 Å². The number of ether oxygens (including phenoxy) is 1. The molecule has 23 heavy (non-hydrogen) atoms. The van der Waals surface area contributed by atoms with Crippen LogP contribution in [0.2, 0.25) is 5.02 Å². The molecule has 3 N–H and O–H groups in total. The highest BCUT2D eigenvalue weighted by Crippen LogP contribution is 2.30. The van der Waals surface area contributed by atoms with Crippen LogP contribution in [0.1, 0.15) is 26.3 Å². The fraction of sp³-hybridized carbons (Fsp3) is 0.375. The van der Waals surface area contributed by atoms with Crippen molar-refractivity contribution in [1.82, 2.24) is 4.57 Å². The summed E-state index contributed by atoms with van der Waals surface area (Å²) in [5.74, 6) is -1.12. The van der Waals surface area contributed by atoms with Gasteiger partial charge in [0.1, 0.15) is 11.6 Å². The topological polar surface area (TPSA) is 94.5 Å². The first-order valence-electron chi connectivity index (χ1n) is 7.10. The second-order valence-corrected chi connectivity index (χ2v) is 6.69. The van der Waals surface area contributed by atoms with Gasteiger partial charge in [0.2, 0.25) is 0 Å². The van der Waals surface area contributed by atoms with E-state index in [9.17, 15) is 9.59 Å². The summed E-state index contributed by atoms with van der Waals surface area (Å²) in [4.78, 5) is 23.4. The lowest BCUT2D eigenvalue weighted by Crippen LogP contribution is -2.32. The highest BCUT2D eigenvalue weighted by molar-refractivity contribution is 6.35. The van der Waals surface area contributed by atoms with Crippen LogP contribution in [0.5, 0.6) is 0 Å². The van der Waals surface area contributed by atoms with Gasteiger partial charge in [-0.3, -0.25) is 9.36 Å². The Labute approximate surface area is 138 Å². The van der Waals surface area contributed by atoms with Gasteiger partial charge in [0.15, 0.2) is 0 Å².